The summed E-state index contributed by atoms with van der Waals surface area (Å²) in [6.45, 7) is 7.01. The Morgan fingerprint density at radius 1 is 1.33 bits per heavy atom. The normalized spacial score (nSPS) is 14.0. The molecule has 118 valence electrons. The average molecular weight is 332 g/mol. The molecule has 1 rings (SSSR count). The van der Waals surface area contributed by atoms with Gasteiger partial charge in [-0.1, -0.05) is 43.5 Å². The van der Waals surface area contributed by atoms with Crippen LogP contribution in [0.25, 0.3) is 0 Å². The number of hydrogen-bond acceptors (Lipinski definition) is 3. The zero-order valence-corrected chi connectivity index (χ0v) is 14.4. The Kier molecular flexibility index (Phi) is 6.78. The van der Waals surface area contributed by atoms with Gasteiger partial charge in [0.1, 0.15) is 0 Å². The van der Waals surface area contributed by atoms with E-state index in [1.165, 1.54) is 0 Å². The molecular weight excluding hydrogens is 309 g/mol. The molecule has 0 aliphatic heterocycles. The highest BCUT2D eigenvalue weighted by Gasteiger charge is 2.21. The van der Waals surface area contributed by atoms with E-state index >= 15 is 0 Å². The number of hydrogen-bond donors (Lipinski definition) is 2. The first kappa shape index (κ1) is 18.1. The number of likely N-dealkylation sites (N-methyl/N-ethyl adjacent to an activating group) is 1. The summed E-state index contributed by atoms with van der Waals surface area (Å²) < 4.78 is 0. The second-order valence-corrected chi connectivity index (χ2v) is 6.29. The molecule has 3 N–H and O–H groups in total. The summed E-state index contributed by atoms with van der Waals surface area (Å²) in [7, 11) is 1.93. The fraction of sp³-hybridized carbons (Fsp3) is 0.533. The fourth-order valence-electron chi connectivity index (χ4n) is 1.92. The molecule has 0 spiro atoms. The van der Waals surface area contributed by atoms with Crippen molar-refractivity contribution in [3.05, 3.63) is 22.2 Å². The second-order valence-electron chi connectivity index (χ2n) is 5.48. The smallest absolute Gasteiger partial charge is 0.241 e. The van der Waals surface area contributed by atoms with Crippen LogP contribution in [-0.2, 0) is 4.79 Å². The van der Waals surface area contributed by atoms with Crippen LogP contribution in [0.1, 0.15) is 27.2 Å². The van der Waals surface area contributed by atoms with E-state index in [4.69, 9.17) is 28.9 Å². The van der Waals surface area contributed by atoms with Gasteiger partial charge >= 0.3 is 0 Å². The van der Waals surface area contributed by atoms with Crippen molar-refractivity contribution in [2.24, 2.45) is 5.92 Å². The van der Waals surface area contributed by atoms with Crippen LogP contribution in [0.5, 0.6) is 0 Å². The molecule has 0 aliphatic carbocycles. The molecule has 1 aromatic carbocycles. The van der Waals surface area contributed by atoms with E-state index in [9.17, 15) is 4.79 Å². The third-order valence-corrected chi connectivity index (χ3v) is 4.25. The maximum atomic E-state index is 12.3. The lowest BCUT2D eigenvalue weighted by atomic mass is 10.1. The molecule has 0 radical (unpaired) electrons. The highest BCUT2D eigenvalue weighted by molar-refractivity contribution is 6.40. The number of amides is 1. The number of nitrogens with zero attached hydrogens (tertiary/aromatic N) is 1. The van der Waals surface area contributed by atoms with Crippen LogP contribution in [0.3, 0.4) is 0 Å². The third-order valence-electron chi connectivity index (χ3n) is 3.65. The summed E-state index contributed by atoms with van der Waals surface area (Å²) in [5.74, 6) is 0.392. The number of nitrogens with two attached hydrogens (primary N) is 1. The highest BCUT2D eigenvalue weighted by Crippen LogP contribution is 2.33. The summed E-state index contributed by atoms with van der Waals surface area (Å²) in [5.41, 5.74) is 6.51. The summed E-state index contributed by atoms with van der Waals surface area (Å²) >= 11 is 12.2. The van der Waals surface area contributed by atoms with Crippen LogP contribution >= 0.6 is 23.2 Å². The van der Waals surface area contributed by atoms with E-state index in [1.54, 1.807) is 12.1 Å². The van der Waals surface area contributed by atoms with Crippen LogP contribution in [0, 0.1) is 5.92 Å². The molecule has 0 saturated carbocycles. The molecule has 0 aliphatic rings. The molecule has 21 heavy (non-hydrogen) atoms. The summed E-state index contributed by atoms with van der Waals surface area (Å²) in [4.78, 5) is 14.3. The molecular formula is C15H23Cl2N3O. The zero-order chi connectivity index (χ0) is 16.2. The number of nitrogens with one attached hydrogen (secondary N) is 1. The van der Waals surface area contributed by atoms with Gasteiger partial charge in [-0.05, 0) is 32.0 Å². The van der Waals surface area contributed by atoms with Crippen LogP contribution in [0.4, 0.5) is 11.4 Å². The van der Waals surface area contributed by atoms with Crippen LogP contribution in [0.15, 0.2) is 12.1 Å². The van der Waals surface area contributed by atoms with Gasteiger partial charge in [0.25, 0.3) is 0 Å². The predicted molar refractivity (Wildman–Crippen MR) is 91.1 cm³/mol. The lowest BCUT2D eigenvalue weighted by molar-refractivity contribution is -0.120. The van der Waals surface area contributed by atoms with Gasteiger partial charge in [-0.25, -0.2) is 0 Å². The van der Waals surface area contributed by atoms with Crippen LogP contribution in [0.2, 0.25) is 10.0 Å². The quantitative estimate of drug-likeness (QED) is 0.777. The molecule has 0 heterocycles. The summed E-state index contributed by atoms with van der Waals surface area (Å²) in [5, 5.41) is 3.45. The molecule has 1 aromatic rings. The van der Waals surface area contributed by atoms with E-state index < -0.39 is 0 Å². The van der Waals surface area contributed by atoms with Crippen LogP contribution < -0.4 is 11.1 Å². The number of carbonyl (C=O) groups excluding carboxylic acids is 1. The third kappa shape index (κ3) is 5.06. The van der Waals surface area contributed by atoms with E-state index in [0.29, 0.717) is 27.3 Å². The zero-order valence-electron chi connectivity index (χ0n) is 12.9. The number of halogens is 2. The Morgan fingerprint density at radius 3 is 2.33 bits per heavy atom. The van der Waals surface area contributed by atoms with Gasteiger partial charge in [0.15, 0.2) is 0 Å². The predicted octanol–water partition coefficient (Wildman–Crippen LogP) is 3.88. The van der Waals surface area contributed by atoms with Gasteiger partial charge in [0, 0.05) is 12.2 Å². The van der Waals surface area contributed by atoms with Crippen molar-refractivity contribution in [1.29, 1.82) is 0 Å². The van der Waals surface area contributed by atoms with Crippen molar-refractivity contribution in [3.8, 4) is 0 Å². The van der Waals surface area contributed by atoms with Gasteiger partial charge in [0.2, 0.25) is 5.91 Å². The molecule has 2 unspecified atom stereocenters. The molecule has 0 bridgehead atoms. The number of benzene rings is 1. The van der Waals surface area contributed by atoms with E-state index in [0.717, 1.165) is 13.0 Å². The van der Waals surface area contributed by atoms with Crippen molar-refractivity contribution >= 4 is 40.5 Å². The van der Waals surface area contributed by atoms with Gasteiger partial charge in [-0.3, -0.25) is 9.69 Å². The van der Waals surface area contributed by atoms with Gasteiger partial charge in [0.05, 0.1) is 21.8 Å². The maximum absolute atomic E-state index is 12.3. The molecule has 0 saturated heterocycles. The minimum atomic E-state index is -0.274. The Bertz CT molecular complexity index is 485. The SMILES string of the molecule is CCC(C)CN(C)C(C)C(=O)Nc1c(Cl)cc(N)cc1Cl. The molecule has 2 atom stereocenters. The van der Waals surface area contributed by atoms with Crippen molar-refractivity contribution < 1.29 is 4.79 Å². The van der Waals surface area contributed by atoms with Gasteiger partial charge in [-0.15, -0.1) is 0 Å². The van der Waals surface area contributed by atoms with Crippen molar-refractivity contribution in [2.45, 2.75) is 33.2 Å². The Morgan fingerprint density at radius 2 is 1.86 bits per heavy atom. The van der Waals surface area contributed by atoms with Crippen molar-refractivity contribution in [3.63, 3.8) is 0 Å². The number of anilines is 2. The fourth-order valence-corrected chi connectivity index (χ4v) is 2.52. The van der Waals surface area contributed by atoms with E-state index in [1.807, 2.05) is 18.9 Å². The molecule has 1 amide bonds. The molecule has 0 aromatic heterocycles. The highest BCUT2D eigenvalue weighted by atomic mass is 35.5. The standard InChI is InChI=1S/C15H23Cl2N3O/c1-5-9(2)8-20(4)10(3)15(21)19-14-12(16)6-11(18)7-13(14)17/h6-7,9-10H,5,8,18H2,1-4H3,(H,19,21). The van der Waals surface area contributed by atoms with Gasteiger partial charge in [-0.2, -0.15) is 0 Å². The first-order valence-corrected chi connectivity index (χ1v) is 7.77. The van der Waals surface area contributed by atoms with Crippen molar-refractivity contribution in [1.82, 2.24) is 4.90 Å². The van der Waals surface area contributed by atoms with Crippen LogP contribution in [-0.4, -0.2) is 30.4 Å². The lowest BCUT2D eigenvalue weighted by Gasteiger charge is -2.26. The average Bonchev–Trinajstić information content (AvgIpc) is 2.41. The minimum Gasteiger partial charge on any atom is -0.399 e. The Hall–Kier alpha value is -0.970. The summed E-state index contributed by atoms with van der Waals surface area (Å²) in [6, 6.07) is 2.86. The molecule has 0 fully saturated rings. The number of nitrogen functional groups attached to an aromatic ring is 1. The van der Waals surface area contributed by atoms with Crippen molar-refractivity contribution in [2.75, 3.05) is 24.6 Å². The lowest BCUT2D eigenvalue weighted by Crippen LogP contribution is -2.41. The minimum absolute atomic E-state index is 0.144. The Labute approximate surface area is 136 Å². The number of carbonyl (C=O) groups is 1. The topological polar surface area (TPSA) is 58.4 Å². The largest absolute Gasteiger partial charge is 0.399 e. The van der Waals surface area contributed by atoms with E-state index in [2.05, 4.69) is 19.2 Å². The summed E-state index contributed by atoms with van der Waals surface area (Å²) in [6.07, 6.45) is 1.08. The molecule has 6 heteroatoms. The second kappa shape index (κ2) is 7.87. The monoisotopic (exact) mass is 331 g/mol. The number of rotatable bonds is 6. The Balaban J connectivity index is 2.77. The maximum Gasteiger partial charge on any atom is 0.241 e. The van der Waals surface area contributed by atoms with E-state index in [-0.39, 0.29) is 11.9 Å². The first-order chi connectivity index (χ1) is 9.76. The molecule has 4 nitrogen and oxygen atoms in total. The van der Waals surface area contributed by atoms with Gasteiger partial charge < -0.3 is 11.1 Å². The first-order valence-electron chi connectivity index (χ1n) is 7.01.